The van der Waals surface area contributed by atoms with Gasteiger partial charge in [-0.25, -0.2) is 0 Å². The van der Waals surface area contributed by atoms with Crippen molar-refractivity contribution in [2.24, 2.45) is 5.92 Å². The molecule has 1 atom stereocenters. The minimum absolute atomic E-state index is 0.279. The van der Waals surface area contributed by atoms with E-state index >= 15 is 0 Å². The van der Waals surface area contributed by atoms with Gasteiger partial charge in [-0.3, -0.25) is 0 Å². The molecule has 0 aliphatic rings. The summed E-state index contributed by atoms with van der Waals surface area (Å²) in [5.41, 5.74) is 0. The van der Waals surface area contributed by atoms with Crippen LogP contribution < -0.4 is 0 Å². The van der Waals surface area contributed by atoms with Crippen LogP contribution in [0.25, 0.3) is 0 Å². The molecule has 0 fully saturated rings. The van der Waals surface area contributed by atoms with Gasteiger partial charge in [-0.15, -0.1) is 0 Å². The third-order valence-electron chi connectivity index (χ3n) is 1.67. The first kappa shape index (κ1) is 9.63. The lowest BCUT2D eigenvalue weighted by Crippen LogP contribution is -2.05. The average Bonchev–Trinajstić information content (AvgIpc) is 1.98. The standard InChI is InChI=1S/C8H17NO/c1-2-4-8(7-10)5-3-6-9/h6,8-10H,2-5,7H2,1H3. The lowest BCUT2D eigenvalue weighted by atomic mass is 9.99. The van der Waals surface area contributed by atoms with Gasteiger partial charge < -0.3 is 10.5 Å². The summed E-state index contributed by atoms with van der Waals surface area (Å²) in [6.07, 6.45) is 5.41. The zero-order valence-electron chi connectivity index (χ0n) is 6.64. The van der Waals surface area contributed by atoms with Crippen molar-refractivity contribution in [3.63, 3.8) is 0 Å². The van der Waals surface area contributed by atoms with Crippen LogP contribution in [0.3, 0.4) is 0 Å². The minimum atomic E-state index is 0.279. The first-order chi connectivity index (χ1) is 4.85. The second kappa shape index (κ2) is 6.75. The van der Waals surface area contributed by atoms with Crippen LogP contribution in [-0.2, 0) is 0 Å². The zero-order chi connectivity index (χ0) is 7.82. The Labute approximate surface area is 62.8 Å². The van der Waals surface area contributed by atoms with E-state index in [1.165, 1.54) is 6.21 Å². The van der Waals surface area contributed by atoms with Crippen molar-refractivity contribution in [3.05, 3.63) is 0 Å². The molecule has 0 spiro atoms. The first-order valence-corrected chi connectivity index (χ1v) is 3.95. The Bertz CT molecular complexity index is 83.3. The monoisotopic (exact) mass is 143 g/mol. The van der Waals surface area contributed by atoms with Gasteiger partial charge in [-0.1, -0.05) is 13.3 Å². The molecule has 0 heterocycles. The second-order valence-electron chi connectivity index (χ2n) is 2.62. The van der Waals surface area contributed by atoms with Crippen LogP contribution in [0.15, 0.2) is 0 Å². The van der Waals surface area contributed by atoms with Crippen molar-refractivity contribution in [1.82, 2.24) is 0 Å². The van der Waals surface area contributed by atoms with E-state index in [0.717, 1.165) is 25.7 Å². The first-order valence-electron chi connectivity index (χ1n) is 3.95. The third kappa shape index (κ3) is 4.50. The number of aliphatic hydroxyl groups excluding tert-OH is 1. The van der Waals surface area contributed by atoms with Gasteiger partial charge in [0.25, 0.3) is 0 Å². The SMILES string of the molecule is CCCC(CO)CCC=N. The van der Waals surface area contributed by atoms with Crippen molar-refractivity contribution in [2.45, 2.75) is 32.6 Å². The van der Waals surface area contributed by atoms with Crippen LogP contribution in [0.4, 0.5) is 0 Å². The predicted molar refractivity (Wildman–Crippen MR) is 43.5 cm³/mol. The fourth-order valence-corrected chi connectivity index (χ4v) is 1.05. The highest BCUT2D eigenvalue weighted by Crippen LogP contribution is 2.10. The van der Waals surface area contributed by atoms with Crippen molar-refractivity contribution in [2.75, 3.05) is 6.61 Å². The molecule has 0 bridgehead atoms. The molecule has 0 aromatic heterocycles. The summed E-state index contributed by atoms with van der Waals surface area (Å²) in [5.74, 6) is 0.423. The summed E-state index contributed by atoms with van der Waals surface area (Å²) in [7, 11) is 0. The van der Waals surface area contributed by atoms with Gasteiger partial charge in [-0.2, -0.15) is 0 Å². The minimum Gasteiger partial charge on any atom is -0.396 e. The van der Waals surface area contributed by atoms with E-state index in [-0.39, 0.29) is 6.61 Å². The Balaban J connectivity index is 3.29. The molecule has 2 N–H and O–H groups in total. The van der Waals surface area contributed by atoms with Gasteiger partial charge in [-0.05, 0) is 31.4 Å². The van der Waals surface area contributed by atoms with Gasteiger partial charge in [0.05, 0.1) is 0 Å². The number of nitrogens with one attached hydrogen (secondary N) is 1. The Morgan fingerprint density at radius 2 is 2.20 bits per heavy atom. The molecule has 2 heteroatoms. The molecule has 0 saturated carbocycles. The molecule has 0 saturated heterocycles. The number of hydrogen-bond acceptors (Lipinski definition) is 2. The highest BCUT2D eigenvalue weighted by molar-refractivity contribution is 5.52. The average molecular weight is 143 g/mol. The molecule has 0 aromatic carbocycles. The van der Waals surface area contributed by atoms with Crippen LogP contribution in [0.1, 0.15) is 32.6 Å². The molecule has 0 aliphatic carbocycles. The second-order valence-corrected chi connectivity index (χ2v) is 2.62. The van der Waals surface area contributed by atoms with Crippen molar-refractivity contribution >= 4 is 6.21 Å². The summed E-state index contributed by atoms with van der Waals surface area (Å²) in [4.78, 5) is 0. The quantitative estimate of drug-likeness (QED) is 0.547. The Kier molecular flexibility index (Phi) is 6.50. The topological polar surface area (TPSA) is 44.1 Å². The lowest BCUT2D eigenvalue weighted by molar-refractivity contribution is 0.212. The van der Waals surface area contributed by atoms with Gasteiger partial charge in [0.2, 0.25) is 0 Å². The molecule has 0 aromatic rings. The highest BCUT2D eigenvalue weighted by atomic mass is 16.3. The highest BCUT2D eigenvalue weighted by Gasteiger charge is 2.03. The summed E-state index contributed by atoms with van der Waals surface area (Å²) >= 11 is 0. The van der Waals surface area contributed by atoms with Gasteiger partial charge in [0.15, 0.2) is 0 Å². The van der Waals surface area contributed by atoms with E-state index in [4.69, 9.17) is 10.5 Å². The Morgan fingerprint density at radius 3 is 2.60 bits per heavy atom. The van der Waals surface area contributed by atoms with Crippen molar-refractivity contribution in [1.29, 1.82) is 5.41 Å². The molecule has 0 radical (unpaired) electrons. The largest absolute Gasteiger partial charge is 0.396 e. The van der Waals surface area contributed by atoms with E-state index in [2.05, 4.69) is 6.92 Å². The van der Waals surface area contributed by atoms with Crippen LogP contribution in [0.2, 0.25) is 0 Å². The fourth-order valence-electron chi connectivity index (χ4n) is 1.05. The summed E-state index contributed by atoms with van der Waals surface area (Å²) in [6, 6.07) is 0. The van der Waals surface area contributed by atoms with Crippen molar-refractivity contribution in [3.8, 4) is 0 Å². The van der Waals surface area contributed by atoms with Crippen LogP contribution >= 0.6 is 0 Å². The molecule has 2 nitrogen and oxygen atoms in total. The van der Waals surface area contributed by atoms with Crippen molar-refractivity contribution < 1.29 is 5.11 Å². The molecular weight excluding hydrogens is 126 g/mol. The van der Waals surface area contributed by atoms with E-state index in [9.17, 15) is 0 Å². The molecule has 0 amide bonds. The Morgan fingerprint density at radius 1 is 1.50 bits per heavy atom. The molecule has 60 valence electrons. The maximum atomic E-state index is 8.81. The fraction of sp³-hybridized carbons (Fsp3) is 0.875. The Hall–Kier alpha value is -0.370. The van der Waals surface area contributed by atoms with E-state index in [1.54, 1.807) is 0 Å². The van der Waals surface area contributed by atoms with Crippen LogP contribution in [-0.4, -0.2) is 17.9 Å². The van der Waals surface area contributed by atoms with Gasteiger partial charge in [0, 0.05) is 6.61 Å². The molecular formula is C8H17NO. The lowest BCUT2D eigenvalue weighted by Gasteiger charge is -2.09. The normalized spacial score (nSPS) is 13.0. The van der Waals surface area contributed by atoms with Crippen LogP contribution in [0, 0.1) is 11.3 Å². The van der Waals surface area contributed by atoms with E-state index in [0.29, 0.717) is 5.92 Å². The predicted octanol–water partition coefficient (Wildman–Crippen LogP) is 1.82. The van der Waals surface area contributed by atoms with E-state index in [1.807, 2.05) is 0 Å². The number of rotatable bonds is 6. The molecule has 0 aliphatic heterocycles. The number of hydrogen-bond donors (Lipinski definition) is 2. The number of aliphatic hydroxyl groups is 1. The van der Waals surface area contributed by atoms with Gasteiger partial charge in [0.1, 0.15) is 0 Å². The van der Waals surface area contributed by atoms with E-state index < -0.39 is 0 Å². The summed E-state index contributed by atoms with van der Waals surface area (Å²) in [6.45, 7) is 2.40. The zero-order valence-corrected chi connectivity index (χ0v) is 6.64. The summed E-state index contributed by atoms with van der Waals surface area (Å²) < 4.78 is 0. The molecule has 1 unspecified atom stereocenters. The summed E-state index contributed by atoms with van der Waals surface area (Å²) in [5, 5.41) is 15.6. The molecule has 0 rings (SSSR count). The smallest absolute Gasteiger partial charge is 0.0459 e. The maximum Gasteiger partial charge on any atom is 0.0459 e. The third-order valence-corrected chi connectivity index (χ3v) is 1.67. The van der Waals surface area contributed by atoms with Crippen LogP contribution in [0.5, 0.6) is 0 Å². The van der Waals surface area contributed by atoms with Gasteiger partial charge >= 0.3 is 0 Å². The molecule has 10 heavy (non-hydrogen) atoms. The maximum absolute atomic E-state index is 8.81.